The predicted molar refractivity (Wildman–Crippen MR) is 77.8 cm³/mol. The van der Waals surface area contributed by atoms with Gasteiger partial charge in [-0.25, -0.2) is 0 Å². The van der Waals surface area contributed by atoms with E-state index in [0.29, 0.717) is 12.1 Å². The van der Waals surface area contributed by atoms with Gasteiger partial charge in [-0.3, -0.25) is 4.79 Å². The Labute approximate surface area is 117 Å². The number of nitrogens with zero attached hydrogens (tertiary/aromatic N) is 1. The summed E-state index contributed by atoms with van der Waals surface area (Å²) >= 11 is 0. The Morgan fingerprint density at radius 3 is 2.65 bits per heavy atom. The molecule has 0 spiro atoms. The maximum Gasteiger partial charge on any atom is 0.262 e. The summed E-state index contributed by atoms with van der Waals surface area (Å²) < 4.78 is 0. The molecule has 0 radical (unpaired) electrons. The van der Waals surface area contributed by atoms with Gasteiger partial charge in [-0.1, -0.05) is 30.3 Å². The molecule has 1 unspecified atom stereocenters. The van der Waals surface area contributed by atoms with Crippen molar-refractivity contribution >= 4 is 11.6 Å². The molecule has 1 aliphatic rings. The fourth-order valence-electron chi connectivity index (χ4n) is 2.60. The van der Waals surface area contributed by atoms with Crippen LogP contribution in [0, 0.1) is 0 Å². The highest BCUT2D eigenvalue weighted by molar-refractivity contribution is 6.08. The quantitative estimate of drug-likeness (QED) is 0.834. The van der Waals surface area contributed by atoms with Gasteiger partial charge in [0.25, 0.3) is 5.91 Å². The Bertz CT molecular complexity index is 654. The monoisotopic (exact) mass is 268 g/mol. The van der Waals surface area contributed by atoms with E-state index < -0.39 is 0 Å². The Morgan fingerprint density at radius 2 is 1.85 bits per heavy atom. The first kappa shape index (κ1) is 12.7. The molecule has 2 aromatic rings. The fourth-order valence-corrected chi connectivity index (χ4v) is 2.60. The first-order valence-electron chi connectivity index (χ1n) is 6.63. The summed E-state index contributed by atoms with van der Waals surface area (Å²) in [5.74, 6) is -0.188. The van der Waals surface area contributed by atoms with Crippen molar-refractivity contribution in [3.05, 3.63) is 59.7 Å². The number of rotatable bonds is 1. The van der Waals surface area contributed by atoms with Gasteiger partial charge in [-0.2, -0.15) is 0 Å². The molecule has 0 bridgehead atoms. The highest BCUT2D eigenvalue weighted by atomic mass is 16.3. The first-order chi connectivity index (χ1) is 9.68. The van der Waals surface area contributed by atoms with Crippen molar-refractivity contribution in [2.75, 3.05) is 11.4 Å². The van der Waals surface area contributed by atoms with Gasteiger partial charge < -0.3 is 15.7 Å². The summed E-state index contributed by atoms with van der Waals surface area (Å²) in [6.07, 6.45) is 0.719. The second-order valence-electron chi connectivity index (χ2n) is 4.93. The Hall–Kier alpha value is -2.33. The zero-order chi connectivity index (χ0) is 14.1. The molecule has 0 aliphatic carbocycles. The SMILES string of the molecule is NC1CCN(C(=O)c2ccccc2O)c2ccccc21. The molecule has 1 aliphatic heterocycles. The van der Waals surface area contributed by atoms with E-state index in [1.807, 2.05) is 24.3 Å². The van der Waals surface area contributed by atoms with E-state index in [1.54, 1.807) is 23.1 Å². The van der Waals surface area contributed by atoms with E-state index in [2.05, 4.69) is 0 Å². The van der Waals surface area contributed by atoms with Crippen molar-refractivity contribution in [1.82, 2.24) is 0 Å². The van der Waals surface area contributed by atoms with E-state index in [-0.39, 0.29) is 17.7 Å². The topological polar surface area (TPSA) is 66.6 Å². The third-order valence-electron chi connectivity index (χ3n) is 3.67. The van der Waals surface area contributed by atoms with Gasteiger partial charge in [0.2, 0.25) is 0 Å². The van der Waals surface area contributed by atoms with Crippen LogP contribution in [0.3, 0.4) is 0 Å². The lowest BCUT2D eigenvalue weighted by Gasteiger charge is -2.32. The summed E-state index contributed by atoms with van der Waals surface area (Å²) in [7, 11) is 0. The second kappa shape index (κ2) is 4.98. The van der Waals surface area contributed by atoms with Crippen molar-refractivity contribution in [1.29, 1.82) is 0 Å². The molecule has 20 heavy (non-hydrogen) atoms. The number of fused-ring (bicyclic) bond motifs is 1. The second-order valence-corrected chi connectivity index (χ2v) is 4.93. The number of nitrogens with two attached hydrogens (primary N) is 1. The summed E-state index contributed by atoms with van der Waals surface area (Å²) in [6, 6.07) is 14.2. The minimum atomic E-state index is -0.192. The van der Waals surface area contributed by atoms with Gasteiger partial charge in [0.1, 0.15) is 5.75 Å². The summed E-state index contributed by atoms with van der Waals surface area (Å²) in [4.78, 5) is 14.3. The molecule has 2 aromatic carbocycles. The van der Waals surface area contributed by atoms with Crippen LogP contribution in [0.1, 0.15) is 28.4 Å². The van der Waals surface area contributed by atoms with Gasteiger partial charge in [0, 0.05) is 18.3 Å². The molecule has 4 heteroatoms. The zero-order valence-electron chi connectivity index (χ0n) is 11.0. The van der Waals surface area contributed by atoms with Crippen LogP contribution in [0.25, 0.3) is 0 Å². The van der Waals surface area contributed by atoms with Gasteiger partial charge in [-0.15, -0.1) is 0 Å². The van der Waals surface area contributed by atoms with E-state index in [4.69, 9.17) is 5.73 Å². The van der Waals surface area contributed by atoms with Gasteiger partial charge in [-0.05, 0) is 30.2 Å². The van der Waals surface area contributed by atoms with Crippen LogP contribution in [0.15, 0.2) is 48.5 Å². The van der Waals surface area contributed by atoms with Crippen molar-refractivity contribution in [2.45, 2.75) is 12.5 Å². The van der Waals surface area contributed by atoms with Crippen molar-refractivity contribution in [2.24, 2.45) is 5.73 Å². The number of benzene rings is 2. The minimum absolute atomic E-state index is 0.00449. The number of para-hydroxylation sites is 2. The van der Waals surface area contributed by atoms with Gasteiger partial charge >= 0.3 is 0 Å². The lowest BCUT2D eigenvalue weighted by Crippen LogP contribution is -2.38. The van der Waals surface area contributed by atoms with Crippen LogP contribution in [0.5, 0.6) is 5.75 Å². The summed E-state index contributed by atoms with van der Waals surface area (Å²) in [5.41, 5.74) is 8.21. The normalized spacial score (nSPS) is 17.6. The number of hydrogen-bond donors (Lipinski definition) is 2. The molecule has 0 saturated carbocycles. The van der Waals surface area contributed by atoms with Crippen molar-refractivity contribution in [3.63, 3.8) is 0 Å². The zero-order valence-corrected chi connectivity index (χ0v) is 11.0. The van der Waals surface area contributed by atoms with Crippen LogP contribution < -0.4 is 10.6 Å². The molecule has 3 N–H and O–H groups in total. The molecule has 1 amide bonds. The predicted octanol–water partition coefficient (Wildman–Crippen LogP) is 2.44. The number of phenolic OH excluding ortho intramolecular Hbond substituents is 1. The van der Waals surface area contributed by atoms with Crippen LogP contribution in [0.2, 0.25) is 0 Å². The lowest BCUT2D eigenvalue weighted by molar-refractivity contribution is 0.0981. The van der Waals surface area contributed by atoms with E-state index in [9.17, 15) is 9.90 Å². The number of carbonyl (C=O) groups excluding carboxylic acids is 1. The number of amides is 1. The standard InChI is InChI=1S/C16H16N2O2/c17-13-9-10-18(14-7-3-1-5-11(13)14)16(20)12-6-2-4-8-15(12)19/h1-8,13,19H,9-10,17H2. The van der Waals surface area contributed by atoms with E-state index in [0.717, 1.165) is 17.7 Å². The van der Waals surface area contributed by atoms with Crippen molar-refractivity contribution in [3.8, 4) is 5.75 Å². The Kier molecular flexibility index (Phi) is 3.16. The van der Waals surface area contributed by atoms with Crippen LogP contribution in [-0.4, -0.2) is 17.6 Å². The van der Waals surface area contributed by atoms with Gasteiger partial charge in [0.15, 0.2) is 0 Å². The smallest absolute Gasteiger partial charge is 0.262 e. The molecule has 0 aromatic heterocycles. The third kappa shape index (κ3) is 2.04. The maximum atomic E-state index is 12.6. The lowest BCUT2D eigenvalue weighted by atomic mass is 9.96. The molecule has 0 saturated heterocycles. The average molecular weight is 268 g/mol. The number of carbonyl (C=O) groups is 1. The molecular weight excluding hydrogens is 252 g/mol. The molecule has 102 valence electrons. The average Bonchev–Trinajstić information content (AvgIpc) is 2.48. The highest BCUT2D eigenvalue weighted by Crippen LogP contribution is 2.33. The maximum absolute atomic E-state index is 12.6. The molecule has 1 heterocycles. The van der Waals surface area contributed by atoms with E-state index >= 15 is 0 Å². The van der Waals surface area contributed by atoms with Crippen LogP contribution in [-0.2, 0) is 0 Å². The molecule has 0 fully saturated rings. The molecule has 1 atom stereocenters. The van der Waals surface area contributed by atoms with E-state index in [1.165, 1.54) is 6.07 Å². The highest BCUT2D eigenvalue weighted by Gasteiger charge is 2.28. The number of aromatic hydroxyl groups is 1. The van der Waals surface area contributed by atoms with Gasteiger partial charge in [0.05, 0.1) is 5.56 Å². The third-order valence-corrected chi connectivity index (χ3v) is 3.67. The number of phenols is 1. The largest absolute Gasteiger partial charge is 0.507 e. The minimum Gasteiger partial charge on any atom is -0.507 e. The Morgan fingerprint density at radius 1 is 1.15 bits per heavy atom. The fraction of sp³-hybridized carbons (Fsp3) is 0.188. The summed E-state index contributed by atoms with van der Waals surface area (Å²) in [6.45, 7) is 0.561. The summed E-state index contributed by atoms with van der Waals surface area (Å²) in [5, 5.41) is 9.84. The molecule has 4 nitrogen and oxygen atoms in total. The molecular formula is C16H16N2O2. The van der Waals surface area contributed by atoms with Crippen LogP contribution >= 0.6 is 0 Å². The number of anilines is 1. The number of hydrogen-bond acceptors (Lipinski definition) is 3. The molecule has 3 rings (SSSR count). The Balaban J connectivity index is 2.02. The first-order valence-corrected chi connectivity index (χ1v) is 6.63. The van der Waals surface area contributed by atoms with Crippen LogP contribution in [0.4, 0.5) is 5.69 Å². The van der Waals surface area contributed by atoms with Crippen molar-refractivity contribution < 1.29 is 9.90 Å².